The molecule has 0 radical (unpaired) electrons. The van der Waals surface area contributed by atoms with Crippen molar-refractivity contribution in [3.63, 3.8) is 0 Å². The third kappa shape index (κ3) is 17.4. The Morgan fingerprint density at radius 2 is 1.03 bits per heavy atom. The second-order valence-corrected chi connectivity index (χ2v) is 15.9. The molecule has 0 saturated carbocycles. The molecule has 0 aliphatic carbocycles. The molecule has 0 aromatic heterocycles. The van der Waals surface area contributed by atoms with E-state index >= 15 is 0 Å². The molecule has 4 N–H and O–H groups in total. The standard InChI is InChI=1S/C52H49F6NO12/c1-66-45-30-34(8-22-43(45)70-48(62)36-11-18-41(19-12-36)68-27-3-25-50(53,54)55)7-17-40(60)32-38(29-33-5-15-39(59)16-6-33)52(64,65)47(61)24-10-35-9-23-44(46(31-35)67-2)71-49(63)37-13-20-42(21-14-37)69-28-4-26-51(56,57)58/h5-24,30-31,38,64-65H,3-4,25-29,32,59H2,1-2H3/b17-7+,24-10+. The van der Waals surface area contributed by atoms with E-state index in [1.807, 2.05) is 0 Å². The fourth-order valence-electron chi connectivity index (χ4n) is 6.65. The Labute approximate surface area is 404 Å². The molecule has 1 atom stereocenters. The number of carbonyl (C=O) groups is 4. The quantitative estimate of drug-likeness (QED) is 0.0101. The van der Waals surface area contributed by atoms with Crippen molar-refractivity contribution >= 4 is 41.3 Å². The minimum absolute atomic E-state index is 0.00246. The Hall–Kier alpha value is -7.64. The summed E-state index contributed by atoms with van der Waals surface area (Å²) < 4.78 is 107. The number of nitrogens with two attached hydrogens (primary N) is 1. The molecule has 0 spiro atoms. The lowest BCUT2D eigenvalue weighted by molar-refractivity contribution is -0.199. The predicted molar refractivity (Wildman–Crippen MR) is 248 cm³/mol. The third-order valence-corrected chi connectivity index (χ3v) is 10.4. The van der Waals surface area contributed by atoms with Crippen LogP contribution >= 0.6 is 0 Å². The molecule has 0 saturated heterocycles. The van der Waals surface area contributed by atoms with Crippen LogP contribution in [0.4, 0.5) is 32.0 Å². The summed E-state index contributed by atoms with van der Waals surface area (Å²) in [5.74, 6) is -7.00. The molecular weight excluding hydrogens is 945 g/mol. The number of hydrogen-bond acceptors (Lipinski definition) is 13. The number of anilines is 1. The number of halogens is 6. The largest absolute Gasteiger partial charge is 0.494 e. The maximum Gasteiger partial charge on any atom is 0.389 e. The first-order valence-electron chi connectivity index (χ1n) is 21.7. The number of nitrogen functional groups attached to an aromatic ring is 1. The molecule has 19 heteroatoms. The van der Waals surface area contributed by atoms with Crippen LogP contribution in [0.25, 0.3) is 12.2 Å². The van der Waals surface area contributed by atoms with E-state index in [9.17, 15) is 55.7 Å². The highest BCUT2D eigenvalue weighted by Crippen LogP contribution is 2.33. The molecule has 5 aromatic rings. The Balaban J connectivity index is 1.22. The number of carbonyl (C=O) groups excluding carboxylic acids is 4. The van der Waals surface area contributed by atoms with Crippen molar-refractivity contribution in [3.05, 3.63) is 149 Å². The maximum absolute atomic E-state index is 13.5. The molecule has 0 fully saturated rings. The summed E-state index contributed by atoms with van der Waals surface area (Å²) in [6.07, 6.45) is -6.89. The number of ether oxygens (including phenoxy) is 6. The molecule has 5 rings (SSSR count). The van der Waals surface area contributed by atoms with Gasteiger partial charge in [0, 0.05) is 30.9 Å². The van der Waals surface area contributed by atoms with Gasteiger partial charge in [0.15, 0.2) is 28.8 Å². The first kappa shape index (κ1) is 54.3. The van der Waals surface area contributed by atoms with Crippen molar-refractivity contribution in [1.29, 1.82) is 0 Å². The van der Waals surface area contributed by atoms with Crippen molar-refractivity contribution < 1.29 is 84.2 Å². The zero-order valence-electron chi connectivity index (χ0n) is 38.3. The van der Waals surface area contributed by atoms with Gasteiger partial charge in [-0.1, -0.05) is 36.4 Å². The summed E-state index contributed by atoms with van der Waals surface area (Å²) in [5, 5.41) is 22.8. The van der Waals surface area contributed by atoms with Crippen LogP contribution in [0.15, 0.2) is 121 Å². The Morgan fingerprint density at radius 3 is 1.45 bits per heavy atom. The average molecular weight is 994 g/mol. The highest BCUT2D eigenvalue weighted by molar-refractivity contribution is 6.00. The summed E-state index contributed by atoms with van der Waals surface area (Å²) in [5.41, 5.74) is 7.78. The van der Waals surface area contributed by atoms with Crippen molar-refractivity contribution in [2.45, 2.75) is 56.7 Å². The van der Waals surface area contributed by atoms with Gasteiger partial charge in [-0.3, -0.25) is 9.59 Å². The van der Waals surface area contributed by atoms with Gasteiger partial charge in [-0.15, -0.1) is 0 Å². The monoisotopic (exact) mass is 993 g/mol. The topological polar surface area (TPSA) is 190 Å². The van der Waals surface area contributed by atoms with Gasteiger partial charge >= 0.3 is 24.3 Å². The minimum Gasteiger partial charge on any atom is -0.494 e. The van der Waals surface area contributed by atoms with Gasteiger partial charge in [-0.05, 0) is 133 Å². The molecule has 376 valence electrons. The van der Waals surface area contributed by atoms with E-state index in [2.05, 4.69) is 0 Å². The van der Waals surface area contributed by atoms with Gasteiger partial charge in [0.2, 0.25) is 11.6 Å². The van der Waals surface area contributed by atoms with Crippen molar-refractivity contribution in [3.8, 4) is 34.5 Å². The molecule has 71 heavy (non-hydrogen) atoms. The van der Waals surface area contributed by atoms with Crippen LogP contribution in [0.3, 0.4) is 0 Å². The lowest BCUT2D eigenvalue weighted by Gasteiger charge is -2.28. The van der Waals surface area contributed by atoms with Crippen LogP contribution in [0.1, 0.15) is 69.5 Å². The smallest absolute Gasteiger partial charge is 0.389 e. The van der Waals surface area contributed by atoms with E-state index in [4.69, 9.17) is 34.2 Å². The Morgan fingerprint density at radius 1 is 0.592 bits per heavy atom. The number of rotatable bonds is 24. The van der Waals surface area contributed by atoms with Crippen molar-refractivity contribution in [2.24, 2.45) is 5.92 Å². The van der Waals surface area contributed by atoms with E-state index in [-0.39, 0.29) is 78.1 Å². The number of ketones is 2. The first-order valence-corrected chi connectivity index (χ1v) is 21.7. The molecule has 0 aliphatic heterocycles. The average Bonchev–Trinajstić information content (AvgIpc) is 3.33. The van der Waals surface area contributed by atoms with Gasteiger partial charge < -0.3 is 44.4 Å². The third-order valence-electron chi connectivity index (χ3n) is 10.4. The zero-order valence-corrected chi connectivity index (χ0v) is 38.3. The molecule has 13 nitrogen and oxygen atoms in total. The summed E-state index contributed by atoms with van der Waals surface area (Å²) in [6.45, 7) is -0.333. The molecule has 0 aliphatic rings. The van der Waals surface area contributed by atoms with Gasteiger partial charge in [0.05, 0.1) is 38.6 Å². The number of benzene rings is 5. The summed E-state index contributed by atoms with van der Waals surface area (Å²) in [6, 6.07) is 26.3. The fourth-order valence-corrected chi connectivity index (χ4v) is 6.65. The molecule has 0 amide bonds. The molecular formula is C52H49F6NO12. The number of hydrogen-bond donors (Lipinski definition) is 3. The zero-order chi connectivity index (χ0) is 51.8. The number of allylic oxidation sites excluding steroid dienone is 1. The van der Waals surface area contributed by atoms with Crippen molar-refractivity contribution in [2.75, 3.05) is 33.2 Å². The van der Waals surface area contributed by atoms with Crippen LogP contribution in [0.2, 0.25) is 0 Å². The second kappa shape index (κ2) is 24.8. The maximum atomic E-state index is 13.5. The van der Waals surface area contributed by atoms with Crippen LogP contribution in [0.5, 0.6) is 34.5 Å². The van der Waals surface area contributed by atoms with Gasteiger partial charge in [-0.2, -0.15) is 26.3 Å². The normalized spacial score (nSPS) is 12.4. The number of methoxy groups -OCH3 is 2. The molecule has 1 unspecified atom stereocenters. The van der Waals surface area contributed by atoms with E-state index in [1.54, 1.807) is 24.3 Å². The molecule has 5 aromatic carbocycles. The van der Waals surface area contributed by atoms with E-state index in [0.717, 1.165) is 6.08 Å². The number of alkyl halides is 6. The Kier molecular flexibility index (Phi) is 18.9. The van der Waals surface area contributed by atoms with E-state index in [0.29, 0.717) is 22.4 Å². The van der Waals surface area contributed by atoms with Crippen LogP contribution in [-0.2, 0) is 16.0 Å². The van der Waals surface area contributed by atoms with Crippen molar-refractivity contribution in [1.82, 2.24) is 0 Å². The van der Waals surface area contributed by atoms with Gasteiger partial charge in [0.25, 0.3) is 0 Å². The summed E-state index contributed by atoms with van der Waals surface area (Å²) >= 11 is 0. The molecule has 0 heterocycles. The predicted octanol–water partition coefficient (Wildman–Crippen LogP) is 9.96. The second-order valence-electron chi connectivity index (χ2n) is 15.9. The lowest BCUT2D eigenvalue weighted by Crippen LogP contribution is -2.46. The van der Waals surface area contributed by atoms with E-state index in [1.165, 1.54) is 117 Å². The van der Waals surface area contributed by atoms with Crippen LogP contribution in [0, 0.1) is 5.92 Å². The number of esters is 2. The van der Waals surface area contributed by atoms with Crippen LogP contribution in [-0.4, -0.2) is 79.3 Å². The van der Waals surface area contributed by atoms with Gasteiger partial charge in [-0.25, -0.2) is 9.59 Å². The highest BCUT2D eigenvalue weighted by Gasteiger charge is 2.41. The van der Waals surface area contributed by atoms with Crippen LogP contribution < -0.4 is 34.2 Å². The summed E-state index contributed by atoms with van der Waals surface area (Å²) in [4.78, 5) is 52.8. The minimum atomic E-state index is -4.29. The SMILES string of the molecule is COc1cc(/C=C/C(=O)CC(Cc2ccc(N)cc2)C(O)(O)C(=O)/C=C/c2ccc(OC(=O)c3ccc(OCCCC(F)(F)F)cc3)c(OC)c2)ccc1OC(=O)c1ccc(OCCCC(F)(F)F)cc1. The Bertz CT molecular complexity index is 2660. The molecule has 0 bridgehead atoms. The first-order chi connectivity index (χ1) is 33.6. The van der Waals surface area contributed by atoms with Gasteiger partial charge in [0.1, 0.15) is 11.5 Å². The fraction of sp³-hybridized carbons (Fsp3) is 0.269. The summed E-state index contributed by atoms with van der Waals surface area (Å²) in [7, 11) is 2.64. The highest BCUT2D eigenvalue weighted by atomic mass is 19.4. The lowest BCUT2D eigenvalue weighted by atomic mass is 9.84. The van der Waals surface area contributed by atoms with E-state index < -0.39 is 66.8 Å². The number of aliphatic hydroxyl groups is 2.